The van der Waals surface area contributed by atoms with E-state index in [0.29, 0.717) is 17.0 Å². The lowest BCUT2D eigenvalue weighted by molar-refractivity contribution is -0.384. The van der Waals surface area contributed by atoms with E-state index >= 15 is 0 Å². The first-order valence-electron chi connectivity index (χ1n) is 5.74. The maximum Gasteiger partial charge on any atom is 0.300 e. The first-order chi connectivity index (χ1) is 9.69. The molecule has 0 aliphatic heterocycles. The van der Waals surface area contributed by atoms with Crippen LogP contribution in [0.4, 0.5) is 11.4 Å². The maximum absolute atomic E-state index is 12.2. The number of nitrogens with one attached hydrogen (secondary N) is 1. The third-order valence-electron chi connectivity index (χ3n) is 2.58. The van der Waals surface area contributed by atoms with E-state index < -0.39 is 20.6 Å². The van der Waals surface area contributed by atoms with Crippen LogP contribution < -0.4 is 4.72 Å². The van der Waals surface area contributed by atoms with Crippen LogP contribution in [-0.4, -0.2) is 13.3 Å². The summed E-state index contributed by atoms with van der Waals surface area (Å²) in [5.41, 5.74) is 1.80. The Labute approximate surface area is 130 Å². The van der Waals surface area contributed by atoms with Crippen molar-refractivity contribution in [2.75, 3.05) is 4.72 Å². The van der Waals surface area contributed by atoms with Gasteiger partial charge in [-0.15, -0.1) is 11.3 Å². The smallest absolute Gasteiger partial charge is 0.279 e. The molecule has 0 bridgehead atoms. The number of halogens is 1. The number of nitrogens with zero attached hydrogens (tertiary/aromatic N) is 1. The number of thiophene rings is 1. The molecule has 9 heteroatoms. The highest BCUT2D eigenvalue weighted by Crippen LogP contribution is 2.36. The summed E-state index contributed by atoms with van der Waals surface area (Å²) in [6, 6.07) is 6.21. The number of hydrogen-bond donors (Lipinski definition) is 1. The van der Waals surface area contributed by atoms with Gasteiger partial charge in [-0.25, -0.2) is 8.42 Å². The van der Waals surface area contributed by atoms with Gasteiger partial charge >= 0.3 is 0 Å². The van der Waals surface area contributed by atoms with Gasteiger partial charge < -0.3 is 0 Å². The first kappa shape index (κ1) is 15.7. The molecule has 0 radical (unpaired) electrons. The topological polar surface area (TPSA) is 89.3 Å². The van der Waals surface area contributed by atoms with Crippen LogP contribution >= 0.6 is 22.9 Å². The molecule has 1 aromatic carbocycles. The van der Waals surface area contributed by atoms with Gasteiger partial charge in [-0.1, -0.05) is 17.7 Å². The van der Waals surface area contributed by atoms with E-state index in [2.05, 4.69) is 4.72 Å². The molecule has 0 spiro atoms. The largest absolute Gasteiger partial charge is 0.300 e. The van der Waals surface area contributed by atoms with Gasteiger partial charge in [-0.05, 0) is 37.1 Å². The monoisotopic (exact) mass is 346 g/mol. The van der Waals surface area contributed by atoms with Crippen molar-refractivity contribution in [3.8, 4) is 0 Å². The zero-order chi connectivity index (χ0) is 15.8. The molecular weight excluding hydrogens is 336 g/mol. The van der Waals surface area contributed by atoms with Crippen molar-refractivity contribution in [2.24, 2.45) is 0 Å². The molecule has 2 rings (SSSR count). The summed E-state index contributed by atoms with van der Waals surface area (Å²) >= 11 is 6.33. The standard InChI is InChI=1S/C12H11ClN2O4S2/c1-7-3-8(2)5-9(4-7)14-21(18,19)11-6-10(15(16)17)12(13)20-11/h3-6,14H,1-2H3. The number of aryl methyl sites for hydroxylation is 2. The Kier molecular flexibility index (Phi) is 4.22. The maximum atomic E-state index is 12.2. The Morgan fingerprint density at radius 2 is 1.76 bits per heavy atom. The Hall–Kier alpha value is -1.64. The van der Waals surface area contributed by atoms with Gasteiger partial charge in [0.1, 0.15) is 4.21 Å². The summed E-state index contributed by atoms with van der Waals surface area (Å²) in [6.45, 7) is 3.69. The fourth-order valence-electron chi connectivity index (χ4n) is 1.83. The van der Waals surface area contributed by atoms with Gasteiger partial charge in [0.2, 0.25) is 0 Å². The van der Waals surface area contributed by atoms with E-state index in [9.17, 15) is 18.5 Å². The molecular formula is C12H11ClN2O4S2. The number of hydrogen-bond acceptors (Lipinski definition) is 5. The van der Waals surface area contributed by atoms with Crippen LogP contribution in [0.15, 0.2) is 28.5 Å². The van der Waals surface area contributed by atoms with E-state index in [4.69, 9.17) is 11.6 Å². The summed E-state index contributed by atoms with van der Waals surface area (Å²) in [4.78, 5) is 10.0. The second kappa shape index (κ2) is 5.63. The third-order valence-corrected chi connectivity index (χ3v) is 5.77. The summed E-state index contributed by atoms with van der Waals surface area (Å²) in [7, 11) is -3.90. The predicted octanol–water partition coefficient (Wildman–Crippen LogP) is 3.73. The molecule has 1 heterocycles. The fourth-order valence-corrected chi connectivity index (χ4v) is 4.54. The van der Waals surface area contributed by atoms with Crippen LogP contribution in [0.2, 0.25) is 4.34 Å². The van der Waals surface area contributed by atoms with Crippen molar-refractivity contribution in [2.45, 2.75) is 18.1 Å². The molecule has 0 atom stereocenters. The first-order valence-corrected chi connectivity index (χ1v) is 8.41. The van der Waals surface area contributed by atoms with E-state index in [0.717, 1.165) is 17.2 Å². The molecule has 0 aliphatic carbocycles. The molecule has 0 amide bonds. The molecule has 0 saturated carbocycles. The zero-order valence-corrected chi connectivity index (χ0v) is 13.5. The van der Waals surface area contributed by atoms with E-state index in [1.54, 1.807) is 12.1 Å². The second-order valence-corrected chi connectivity index (χ2v) is 8.03. The average molecular weight is 347 g/mol. The minimum atomic E-state index is -3.90. The Balaban J connectivity index is 2.38. The quantitative estimate of drug-likeness (QED) is 0.674. The average Bonchev–Trinajstić information content (AvgIpc) is 2.70. The van der Waals surface area contributed by atoms with Gasteiger partial charge in [0.05, 0.1) is 4.92 Å². The molecule has 2 aromatic rings. The third kappa shape index (κ3) is 3.52. The lowest BCUT2D eigenvalue weighted by atomic mass is 10.1. The van der Waals surface area contributed by atoms with E-state index in [1.165, 1.54) is 0 Å². The van der Waals surface area contributed by atoms with Crippen LogP contribution in [0.25, 0.3) is 0 Å². The predicted molar refractivity (Wildman–Crippen MR) is 82.7 cm³/mol. The van der Waals surface area contributed by atoms with Crippen LogP contribution in [0, 0.1) is 24.0 Å². The van der Waals surface area contributed by atoms with Crippen LogP contribution in [0.3, 0.4) is 0 Å². The normalized spacial score (nSPS) is 11.4. The number of benzene rings is 1. The lowest BCUT2D eigenvalue weighted by Gasteiger charge is -2.08. The van der Waals surface area contributed by atoms with Crippen molar-refractivity contribution < 1.29 is 13.3 Å². The molecule has 21 heavy (non-hydrogen) atoms. The molecule has 1 N–H and O–H groups in total. The van der Waals surface area contributed by atoms with Gasteiger partial charge in [0.15, 0.2) is 4.34 Å². The van der Waals surface area contributed by atoms with Crippen LogP contribution in [0.5, 0.6) is 0 Å². The number of sulfonamides is 1. The van der Waals surface area contributed by atoms with Gasteiger partial charge in [-0.2, -0.15) is 0 Å². The molecule has 0 aliphatic rings. The summed E-state index contributed by atoms with van der Waals surface area (Å²) < 4.78 is 26.5. The van der Waals surface area contributed by atoms with Gasteiger partial charge in [-0.3, -0.25) is 14.8 Å². The summed E-state index contributed by atoms with van der Waals surface area (Å²) in [6.07, 6.45) is 0. The zero-order valence-electron chi connectivity index (χ0n) is 11.1. The molecule has 0 fully saturated rings. The Morgan fingerprint density at radius 3 is 2.24 bits per heavy atom. The SMILES string of the molecule is Cc1cc(C)cc(NS(=O)(=O)c2cc([N+](=O)[O-])c(Cl)s2)c1. The highest BCUT2D eigenvalue weighted by Gasteiger charge is 2.25. The molecule has 1 aromatic heterocycles. The molecule has 112 valence electrons. The Morgan fingerprint density at radius 1 is 1.19 bits per heavy atom. The lowest BCUT2D eigenvalue weighted by Crippen LogP contribution is -2.11. The van der Waals surface area contributed by atoms with Crippen LogP contribution in [0.1, 0.15) is 11.1 Å². The fraction of sp³-hybridized carbons (Fsp3) is 0.167. The van der Waals surface area contributed by atoms with Gasteiger partial charge in [0, 0.05) is 11.8 Å². The van der Waals surface area contributed by atoms with Crippen molar-refractivity contribution in [1.82, 2.24) is 0 Å². The number of nitro groups is 1. The number of anilines is 1. The van der Waals surface area contributed by atoms with Crippen molar-refractivity contribution in [3.05, 3.63) is 49.8 Å². The Bertz CT molecular complexity index is 794. The minimum Gasteiger partial charge on any atom is -0.279 e. The molecule has 0 unspecified atom stereocenters. The number of rotatable bonds is 4. The van der Waals surface area contributed by atoms with Crippen molar-refractivity contribution in [3.63, 3.8) is 0 Å². The summed E-state index contributed by atoms with van der Waals surface area (Å²) in [5.74, 6) is 0. The highest BCUT2D eigenvalue weighted by atomic mass is 35.5. The minimum absolute atomic E-state index is 0.166. The van der Waals surface area contributed by atoms with Crippen LogP contribution in [-0.2, 0) is 10.0 Å². The summed E-state index contributed by atoms with van der Waals surface area (Å²) in [5, 5.41) is 10.7. The van der Waals surface area contributed by atoms with Crippen molar-refractivity contribution >= 4 is 44.3 Å². The van der Waals surface area contributed by atoms with Crippen molar-refractivity contribution in [1.29, 1.82) is 0 Å². The second-order valence-electron chi connectivity index (χ2n) is 4.46. The van der Waals surface area contributed by atoms with E-state index in [-0.39, 0.29) is 8.55 Å². The molecule has 6 nitrogen and oxygen atoms in total. The highest BCUT2D eigenvalue weighted by molar-refractivity contribution is 7.94. The van der Waals surface area contributed by atoms with E-state index in [1.807, 2.05) is 19.9 Å². The molecule has 0 saturated heterocycles. The van der Waals surface area contributed by atoms with Gasteiger partial charge in [0.25, 0.3) is 15.7 Å².